The van der Waals surface area contributed by atoms with Crippen LogP contribution in [0.3, 0.4) is 0 Å². The van der Waals surface area contributed by atoms with Crippen molar-refractivity contribution in [1.82, 2.24) is 0 Å². The monoisotopic (exact) mass is 221 g/mol. The molecule has 0 bridgehead atoms. The lowest BCUT2D eigenvalue weighted by atomic mass is 10.0. The zero-order valence-electron chi connectivity index (χ0n) is 9.79. The number of aryl methyl sites for hydroxylation is 1. The minimum Gasteiger partial charge on any atom is -0.494 e. The molecule has 3 heteroatoms. The summed E-state index contributed by atoms with van der Waals surface area (Å²) in [6.45, 7) is 4.22. The van der Waals surface area contributed by atoms with Crippen LogP contribution in [0.4, 0.5) is 0 Å². The van der Waals surface area contributed by atoms with Crippen molar-refractivity contribution in [3.63, 3.8) is 0 Å². The fraction of sp³-hybridized carbons (Fsp3) is 0.538. The SMILES string of the molecule is CCOc1cc2c(cc1CCCN)OCC2. The summed E-state index contributed by atoms with van der Waals surface area (Å²) in [5, 5.41) is 0. The van der Waals surface area contributed by atoms with Crippen molar-refractivity contribution in [1.29, 1.82) is 0 Å². The largest absolute Gasteiger partial charge is 0.494 e. The van der Waals surface area contributed by atoms with Gasteiger partial charge in [-0.15, -0.1) is 0 Å². The second kappa shape index (κ2) is 5.21. The third kappa shape index (κ3) is 2.30. The molecule has 0 aliphatic carbocycles. The lowest BCUT2D eigenvalue weighted by Gasteiger charge is -2.12. The Kier molecular flexibility index (Phi) is 3.67. The van der Waals surface area contributed by atoms with Crippen molar-refractivity contribution < 1.29 is 9.47 Å². The molecule has 1 aromatic carbocycles. The highest BCUT2D eigenvalue weighted by Crippen LogP contribution is 2.33. The van der Waals surface area contributed by atoms with Crippen LogP contribution in [0.2, 0.25) is 0 Å². The maximum atomic E-state index is 5.66. The number of benzene rings is 1. The predicted octanol–water partition coefficient (Wildman–Crippen LogP) is 1.91. The van der Waals surface area contributed by atoms with Crippen molar-refractivity contribution in [3.05, 3.63) is 23.3 Å². The van der Waals surface area contributed by atoms with Crippen LogP contribution in [-0.2, 0) is 12.8 Å². The summed E-state index contributed by atoms with van der Waals surface area (Å²) in [6.07, 6.45) is 2.94. The van der Waals surface area contributed by atoms with Gasteiger partial charge in [0.25, 0.3) is 0 Å². The van der Waals surface area contributed by atoms with Gasteiger partial charge in [-0.3, -0.25) is 0 Å². The predicted molar refractivity (Wildman–Crippen MR) is 64.2 cm³/mol. The fourth-order valence-corrected chi connectivity index (χ4v) is 2.02. The summed E-state index contributed by atoms with van der Waals surface area (Å²) >= 11 is 0. The maximum absolute atomic E-state index is 5.66. The van der Waals surface area contributed by atoms with Crippen molar-refractivity contribution in [2.24, 2.45) is 5.73 Å². The molecule has 0 amide bonds. The van der Waals surface area contributed by atoms with Gasteiger partial charge in [-0.2, -0.15) is 0 Å². The van der Waals surface area contributed by atoms with Crippen LogP contribution < -0.4 is 15.2 Å². The quantitative estimate of drug-likeness (QED) is 0.826. The summed E-state index contributed by atoms with van der Waals surface area (Å²) in [5.41, 5.74) is 8.02. The lowest BCUT2D eigenvalue weighted by molar-refractivity contribution is 0.334. The number of hydrogen-bond donors (Lipinski definition) is 1. The topological polar surface area (TPSA) is 44.5 Å². The van der Waals surface area contributed by atoms with Crippen LogP contribution >= 0.6 is 0 Å². The van der Waals surface area contributed by atoms with Crippen LogP contribution in [0.5, 0.6) is 11.5 Å². The zero-order valence-corrected chi connectivity index (χ0v) is 9.79. The Morgan fingerprint density at radius 1 is 1.44 bits per heavy atom. The molecule has 88 valence electrons. The number of rotatable bonds is 5. The highest BCUT2D eigenvalue weighted by atomic mass is 16.5. The summed E-state index contributed by atoms with van der Waals surface area (Å²) in [5.74, 6) is 2.02. The molecule has 1 aliphatic rings. The molecule has 3 nitrogen and oxygen atoms in total. The Morgan fingerprint density at radius 3 is 3.06 bits per heavy atom. The molecule has 0 saturated heterocycles. The van der Waals surface area contributed by atoms with Gasteiger partial charge in [0.1, 0.15) is 11.5 Å². The van der Waals surface area contributed by atoms with E-state index in [0.717, 1.165) is 37.4 Å². The smallest absolute Gasteiger partial charge is 0.123 e. The third-order valence-corrected chi connectivity index (χ3v) is 2.82. The summed E-state index contributed by atoms with van der Waals surface area (Å²) < 4.78 is 11.2. The van der Waals surface area contributed by atoms with Crippen molar-refractivity contribution in [2.45, 2.75) is 26.2 Å². The zero-order chi connectivity index (χ0) is 11.4. The Labute approximate surface area is 96.5 Å². The normalized spacial score (nSPS) is 13.4. The fourth-order valence-electron chi connectivity index (χ4n) is 2.02. The van der Waals surface area contributed by atoms with E-state index in [1.54, 1.807) is 0 Å². The van der Waals surface area contributed by atoms with Gasteiger partial charge < -0.3 is 15.2 Å². The van der Waals surface area contributed by atoms with Gasteiger partial charge in [-0.25, -0.2) is 0 Å². The molecule has 2 rings (SSSR count). The number of fused-ring (bicyclic) bond motifs is 1. The van der Waals surface area contributed by atoms with E-state index in [1.807, 2.05) is 6.92 Å². The third-order valence-electron chi connectivity index (χ3n) is 2.82. The molecule has 0 aromatic heterocycles. The molecule has 0 radical (unpaired) electrons. The van der Waals surface area contributed by atoms with E-state index in [4.69, 9.17) is 15.2 Å². The van der Waals surface area contributed by atoms with Gasteiger partial charge in [0, 0.05) is 12.0 Å². The van der Waals surface area contributed by atoms with E-state index in [-0.39, 0.29) is 0 Å². The van der Waals surface area contributed by atoms with E-state index >= 15 is 0 Å². The minimum absolute atomic E-state index is 0.704. The highest BCUT2D eigenvalue weighted by Gasteiger charge is 2.16. The standard InChI is InChI=1S/C13H19NO2/c1-2-15-12-9-11-5-7-16-13(11)8-10(12)4-3-6-14/h8-9H,2-7,14H2,1H3. The van der Waals surface area contributed by atoms with Gasteiger partial charge in [-0.1, -0.05) is 0 Å². The van der Waals surface area contributed by atoms with Crippen LogP contribution in [0.25, 0.3) is 0 Å². The molecule has 0 atom stereocenters. The first-order valence-corrected chi connectivity index (χ1v) is 5.96. The molecule has 2 N–H and O–H groups in total. The van der Waals surface area contributed by atoms with E-state index in [9.17, 15) is 0 Å². The van der Waals surface area contributed by atoms with Crippen LogP contribution in [0, 0.1) is 0 Å². The van der Waals surface area contributed by atoms with Gasteiger partial charge >= 0.3 is 0 Å². The van der Waals surface area contributed by atoms with Gasteiger partial charge in [0.05, 0.1) is 13.2 Å². The molecule has 1 aliphatic heterocycles. The van der Waals surface area contributed by atoms with Crippen LogP contribution in [0.1, 0.15) is 24.5 Å². The average molecular weight is 221 g/mol. The van der Waals surface area contributed by atoms with Crippen molar-refractivity contribution >= 4 is 0 Å². The first kappa shape index (κ1) is 11.3. The maximum Gasteiger partial charge on any atom is 0.123 e. The number of hydrogen-bond acceptors (Lipinski definition) is 3. The molecule has 1 heterocycles. The molecule has 1 aromatic rings. The van der Waals surface area contributed by atoms with Crippen LogP contribution in [-0.4, -0.2) is 19.8 Å². The number of ether oxygens (including phenoxy) is 2. The Bertz CT molecular complexity index is 363. The van der Waals surface area contributed by atoms with Crippen molar-refractivity contribution in [3.8, 4) is 11.5 Å². The average Bonchev–Trinajstić information content (AvgIpc) is 2.73. The first-order chi connectivity index (χ1) is 7.85. The van der Waals surface area contributed by atoms with Crippen LogP contribution in [0.15, 0.2) is 12.1 Å². The molecule has 0 unspecified atom stereocenters. The Morgan fingerprint density at radius 2 is 2.31 bits per heavy atom. The number of nitrogens with two attached hydrogens (primary N) is 1. The second-order valence-corrected chi connectivity index (χ2v) is 3.99. The Hall–Kier alpha value is -1.22. The molecular weight excluding hydrogens is 202 g/mol. The van der Waals surface area contributed by atoms with Gasteiger partial charge in [-0.05, 0) is 44.0 Å². The molecule has 16 heavy (non-hydrogen) atoms. The minimum atomic E-state index is 0.704. The van der Waals surface area contributed by atoms with Gasteiger partial charge in [0.15, 0.2) is 0 Å². The van der Waals surface area contributed by atoms with Gasteiger partial charge in [0.2, 0.25) is 0 Å². The van der Waals surface area contributed by atoms with E-state index in [0.29, 0.717) is 13.2 Å². The lowest BCUT2D eigenvalue weighted by Crippen LogP contribution is -2.03. The molecule has 0 spiro atoms. The van der Waals surface area contributed by atoms with E-state index < -0.39 is 0 Å². The van der Waals surface area contributed by atoms with E-state index in [2.05, 4.69) is 12.1 Å². The molecule has 0 fully saturated rings. The van der Waals surface area contributed by atoms with E-state index in [1.165, 1.54) is 11.1 Å². The first-order valence-electron chi connectivity index (χ1n) is 5.96. The second-order valence-electron chi connectivity index (χ2n) is 3.99. The summed E-state index contributed by atoms with van der Waals surface area (Å²) in [6, 6.07) is 4.24. The molecular formula is C13H19NO2. The highest BCUT2D eigenvalue weighted by molar-refractivity contribution is 5.48. The summed E-state index contributed by atoms with van der Waals surface area (Å²) in [4.78, 5) is 0. The molecule has 0 saturated carbocycles. The summed E-state index contributed by atoms with van der Waals surface area (Å²) in [7, 11) is 0. The Balaban J connectivity index is 2.25. The van der Waals surface area contributed by atoms with Crippen molar-refractivity contribution in [2.75, 3.05) is 19.8 Å².